The van der Waals surface area contributed by atoms with E-state index in [1.54, 1.807) is 6.07 Å². The van der Waals surface area contributed by atoms with E-state index in [0.717, 1.165) is 0 Å². The van der Waals surface area contributed by atoms with E-state index in [-0.39, 0.29) is 42.6 Å². The van der Waals surface area contributed by atoms with E-state index in [0.29, 0.717) is 10.5 Å². The summed E-state index contributed by atoms with van der Waals surface area (Å²) < 4.78 is 0. The molecule has 1 aromatic rings. The van der Waals surface area contributed by atoms with Gasteiger partial charge in [0.25, 0.3) is 11.8 Å². The van der Waals surface area contributed by atoms with Crippen LogP contribution in [0.3, 0.4) is 0 Å². The molecule has 2 aliphatic rings. The fraction of sp³-hybridized carbons (Fsp3) is 0.375. The number of imide groups is 1. The first-order valence-corrected chi connectivity index (χ1v) is 7.28. The lowest BCUT2D eigenvalue weighted by Gasteiger charge is -2.32. The largest absolute Gasteiger partial charge is 0.480 e. The van der Waals surface area contributed by atoms with Crippen LogP contribution < -0.4 is 0 Å². The third-order valence-electron chi connectivity index (χ3n) is 4.44. The molecule has 1 aliphatic carbocycles. The van der Waals surface area contributed by atoms with Crippen molar-refractivity contribution in [1.29, 1.82) is 0 Å². The Morgan fingerprint density at radius 2 is 1.70 bits per heavy atom. The molecule has 1 aromatic carbocycles. The summed E-state index contributed by atoms with van der Waals surface area (Å²) in [4.78, 5) is 47.1. The minimum atomic E-state index is -1.27. The highest BCUT2D eigenvalue weighted by Gasteiger charge is 2.40. The Balaban J connectivity index is 1.94. The number of nitrogens with zero attached hydrogens (tertiary/aromatic N) is 1. The zero-order chi connectivity index (χ0) is 16.8. The van der Waals surface area contributed by atoms with Crippen LogP contribution in [0.1, 0.15) is 52.0 Å². The third kappa shape index (κ3) is 2.53. The number of carbonyl (C=O) groups excluding carboxylic acids is 3. The second-order valence-corrected chi connectivity index (χ2v) is 5.92. The van der Waals surface area contributed by atoms with Crippen molar-refractivity contribution in [3.8, 4) is 0 Å². The van der Waals surface area contributed by atoms with Gasteiger partial charge in [-0.05, 0) is 30.5 Å². The number of rotatable bonds is 3. The standard InChI is InChI=1S/C16H15NO6/c18-10-3-5-16(23,6-4-10)9-1-2-11-12(7-9)15(22)17(14(11)21)8-13(19)20/h1-2,7,23H,3-6,8H2,(H,19,20). The van der Waals surface area contributed by atoms with Crippen LogP contribution in [0, 0.1) is 0 Å². The first kappa shape index (κ1) is 15.4. The van der Waals surface area contributed by atoms with Gasteiger partial charge in [0.2, 0.25) is 0 Å². The Labute approximate surface area is 131 Å². The van der Waals surface area contributed by atoms with Crippen LogP contribution in [0.2, 0.25) is 0 Å². The Morgan fingerprint density at radius 3 is 2.30 bits per heavy atom. The second-order valence-electron chi connectivity index (χ2n) is 5.92. The zero-order valence-electron chi connectivity index (χ0n) is 12.2. The minimum absolute atomic E-state index is 0.0923. The first-order chi connectivity index (χ1) is 10.8. The molecule has 0 spiro atoms. The number of ketones is 1. The first-order valence-electron chi connectivity index (χ1n) is 7.28. The Hall–Kier alpha value is -2.54. The average Bonchev–Trinajstić information content (AvgIpc) is 2.75. The molecule has 1 heterocycles. The summed E-state index contributed by atoms with van der Waals surface area (Å²) in [5.74, 6) is -2.51. The SMILES string of the molecule is O=C(O)CN1C(=O)c2ccc(C3(O)CCC(=O)CC3)cc2C1=O. The maximum atomic E-state index is 12.2. The quantitative estimate of drug-likeness (QED) is 0.794. The van der Waals surface area contributed by atoms with Crippen LogP contribution in [0.5, 0.6) is 0 Å². The van der Waals surface area contributed by atoms with Crippen molar-refractivity contribution in [2.24, 2.45) is 0 Å². The Kier molecular flexibility index (Phi) is 3.52. The minimum Gasteiger partial charge on any atom is -0.480 e. The van der Waals surface area contributed by atoms with Crippen LogP contribution in [0.15, 0.2) is 18.2 Å². The van der Waals surface area contributed by atoms with Gasteiger partial charge in [0.05, 0.1) is 16.7 Å². The number of carboxylic acids is 1. The Bertz CT molecular complexity index is 728. The number of Topliss-reactive ketones (excluding diaryl/α,β-unsaturated/α-hetero) is 1. The van der Waals surface area contributed by atoms with Crippen LogP contribution >= 0.6 is 0 Å². The van der Waals surface area contributed by atoms with Gasteiger partial charge in [-0.25, -0.2) is 0 Å². The van der Waals surface area contributed by atoms with Crippen LogP contribution in [0.4, 0.5) is 0 Å². The topological polar surface area (TPSA) is 112 Å². The van der Waals surface area contributed by atoms with Gasteiger partial charge in [-0.2, -0.15) is 0 Å². The van der Waals surface area contributed by atoms with E-state index < -0.39 is 29.9 Å². The highest BCUT2D eigenvalue weighted by Crippen LogP contribution is 2.37. The van der Waals surface area contributed by atoms with Crippen LogP contribution in [-0.2, 0) is 15.2 Å². The summed E-state index contributed by atoms with van der Waals surface area (Å²) in [5.41, 5.74) is -0.497. The molecule has 0 bridgehead atoms. The molecule has 0 unspecified atom stereocenters. The number of hydrogen-bond donors (Lipinski definition) is 2. The van der Waals surface area contributed by atoms with Crippen molar-refractivity contribution in [1.82, 2.24) is 4.90 Å². The summed E-state index contributed by atoms with van der Waals surface area (Å²) in [6.07, 6.45) is 1.08. The molecule has 1 saturated carbocycles. The summed E-state index contributed by atoms with van der Waals surface area (Å²) in [5, 5.41) is 19.5. The molecule has 23 heavy (non-hydrogen) atoms. The molecule has 2 amide bonds. The number of carbonyl (C=O) groups is 4. The van der Waals surface area contributed by atoms with Gasteiger partial charge >= 0.3 is 5.97 Å². The van der Waals surface area contributed by atoms with Crippen molar-refractivity contribution in [3.63, 3.8) is 0 Å². The molecule has 120 valence electrons. The van der Waals surface area contributed by atoms with E-state index >= 15 is 0 Å². The van der Waals surface area contributed by atoms with Crippen molar-refractivity contribution < 1.29 is 29.4 Å². The second kappa shape index (κ2) is 5.27. The molecule has 0 atom stereocenters. The number of aliphatic hydroxyl groups is 1. The third-order valence-corrected chi connectivity index (χ3v) is 4.44. The van der Waals surface area contributed by atoms with Crippen LogP contribution in [0.25, 0.3) is 0 Å². The van der Waals surface area contributed by atoms with E-state index in [1.165, 1.54) is 12.1 Å². The lowest BCUT2D eigenvalue weighted by molar-refractivity contribution is -0.137. The predicted molar refractivity (Wildman–Crippen MR) is 76.8 cm³/mol. The molecule has 0 radical (unpaired) electrons. The van der Waals surface area contributed by atoms with Crippen molar-refractivity contribution in [2.75, 3.05) is 6.54 Å². The van der Waals surface area contributed by atoms with Gasteiger partial charge in [0.15, 0.2) is 0 Å². The summed E-state index contributed by atoms with van der Waals surface area (Å²) in [7, 11) is 0. The van der Waals surface area contributed by atoms with Gasteiger partial charge in [0.1, 0.15) is 12.3 Å². The lowest BCUT2D eigenvalue weighted by Crippen LogP contribution is -2.34. The molecule has 2 N–H and O–H groups in total. The Morgan fingerprint density at radius 1 is 1.09 bits per heavy atom. The lowest BCUT2D eigenvalue weighted by atomic mass is 9.78. The maximum Gasteiger partial charge on any atom is 0.323 e. The van der Waals surface area contributed by atoms with E-state index in [2.05, 4.69) is 0 Å². The van der Waals surface area contributed by atoms with E-state index in [4.69, 9.17) is 5.11 Å². The molecule has 0 aromatic heterocycles. The normalized spacial score (nSPS) is 19.9. The molecule has 7 heteroatoms. The number of benzene rings is 1. The molecule has 1 fully saturated rings. The van der Waals surface area contributed by atoms with Gasteiger partial charge in [-0.3, -0.25) is 24.1 Å². The number of carboxylic acid groups (broad SMARTS) is 1. The van der Waals surface area contributed by atoms with Gasteiger partial charge in [-0.1, -0.05) is 6.07 Å². The predicted octanol–water partition coefficient (Wildman–Crippen LogP) is 0.698. The average molecular weight is 317 g/mol. The molecule has 7 nitrogen and oxygen atoms in total. The number of aliphatic carboxylic acids is 1. The molecule has 0 saturated heterocycles. The number of hydrogen-bond acceptors (Lipinski definition) is 5. The summed E-state index contributed by atoms with van der Waals surface area (Å²) >= 11 is 0. The fourth-order valence-corrected chi connectivity index (χ4v) is 3.09. The molecular weight excluding hydrogens is 302 g/mol. The maximum absolute atomic E-state index is 12.2. The molecule has 3 rings (SSSR count). The van der Waals surface area contributed by atoms with Gasteiger partial charge < -0.3 is 10.2 Å². The number of amides is 2. The number of fused-ring (bicyclic) bond motifs is 1. The van der Waals surface area contributed by atoms with Crippen molar-refractivity contribution in [2.45, 2.75) is 31.3 Å². The zero-order valence-corrected chi connectivity index (χ0v) is 12.2. The monoisotopic (exact) mass is 317 g/mol. The van der Waals surface area contributed by atoms with Crippen molar-refractivity contribution >= 4 is 23.6 Å². The van der Waals surface area contributed by atoms with Gasteiger partial charge in [0, 0.05) is 12.8 Å². The van der Waals surface area contributed by atoms with Gasteiger partial charge in [-0.15, -0.1) is 0 Å². The highest BCUT2D eigenvalue weighted by molar-refractivity contribution is 6.22. The van der Waals surface area contributed by atoms with Crippen LogP contribution in [-0.4, -0.2) is 45.2 Å². The molecular formula is C16H15NO6. The summed E-state index contributed by atoms with van der Waals surface area (Å²) in [6, 6.07) is 4.43. The van der Waals surface area contributed by atoms with Crippen molar-refractivity contribution in [3.05, 3.63) is 34.9 Å². The molecule has 1 aliphatic heterocycles. The van der Waals surface area contributed by atoms with E-state index in [9.17, 15) is 24.3 Å². The highest BCUT2D eigenvalue weighted by atomic mass is 16.4. The van der Waals surface area contributed by atoms with E-state index in [1.807, 2.05) is 0 Å². The summed E-state index contributed by atoms with van der Waals surface area (Å²) in [6.45, 7) is -0.694. The fourth-order valence-electron chi connectivity index (χ4n) is 3.09. The smallest absolute Gasteiger partial charge is 0.323 e.